The third-order valence-electron chi connectivity index (χ3n) is 2.84. The summed E-state index contributed by atoms with van der Waals surface area (Å²) in [4.78, 5) is 1.27. The Hall–Kier alpha value is -1.29. The van der Waals surface area contributed by atoms with Crippen molar-refractivity contribution >= 4 is 11.8 Å². The fourth-order valence-electron chi connectivity index (χ4n) is 1.74. The fraction of sp³-hybridized carbons (Fsp3) is 0.200. The van der Waals surface area contributed by atoms with Crippen molar-refractivity contribution in [1.82, 2.24) is 5.43 Å². The maximum atomic E-state index is 5.63. The van der Waals surface area contributed by atoms with Crippen molar-refractivity contribution in [2.24, 2.45) is 5.84 Å². The van der Waals surface area contributed by atoms with Gasteiger partial charge < -0.3 is 0 Å². The topological polar surface area (TPSA) is 38.0 Å². The zero-order valence-corrected chi connectivity index (χ0v) is 11.3. The van der Waals surface area contributed by atoms with Gasteiger partial charge in [-0.1, -0.05) is 48.0 Å². The molecule has 2 aromatic carbocycles. The first-order valence-corrected chi connectivity index (χ1v) is 6.98. The van der Waals surface area contributed by atoms with E-state index in [9.17, 15) is 0 Å². The smallest absolute Gasteiger partial charge is 0.0553 e. The van der Waals surface area contributed by atoms with Crippen LogP contribution in [0.25, 0.3) is 0 Å². The molecule has 3 heteroatoms. The average Bonchev–Trinajstić information content (AvgIpc) is 2.43. The average molecular weight is 258 g/mol. The lowest BCUT2D eigenvalue weighted by Gasteiger charge is -2.15. The first kappa shape index (κ1) is 13.1. The molecule has 0 aromatic heterocycles. The molecule has 0 amide bonds. The highest BCUT2D eigenvalue weighted by molar-refractivity contribution is 7.99. The van der Waals surface area contributed by atoms with Gasteiger partial charge in [-0.3, -0.25) is 11.3 Å². The SMILES string of the molecule is Cc1ccc(SCC(NN)c2ccccc2)cc1. The Balaban J connectivity index is 1.97. The summed E-state index contributed by atoms with van der Waals surface area (Å²) in [5, 5.41) is 0. The van der Waals surface area contributed by atoms with Gasteiger partial charge in [-0.15, -0.1) is 11.8 Å². The number of hydrazine groups is 1. The number of nitrogens with one attached hydrogen (secondary N) is 1. The van der Waals surface area contributed by atoms with Crippen LogP contribution in [0, 0.1) is 6.92 Å². The van der Waals surface area contributed by atoms with E-state index in [2.05, 4.69) is 48.7 Å². The first-order valence-electron chi connectivity index (χ1n) is 6.00. The molecule has 0 aliphatic heterocycles. The van der Waals surface area contributed by atoms with Crippen LogP contribution in [0.1, 0.15) is 17.2 Å². The van der Waals surface area contributed by atoms with Crippen molar-refractivity contribution in [3.05, 3.63) is 65.7 Å². The molecule has 2 nitrogen and oxygen atoms in total. The second kappa shape index (κ2) is 6.59. The van der Waals surface area contributed by atoms with Gasteiger partial charge >= 0.3 is 0 Å². The molecule has 0 radical (unpaired) electrons. The van der Waals surface area contributed by atoms with E-state index in [-0.39, 0.29) is 6.04 Å². The van der Waals surface area contributed by atoms with Gasteiger partial charge in [-0.25, -0.2) is 0 Å². The minimum atomic E-state index is 0.178. The van der Waals surface area contributed by atoms with Crippen LogP contribution in [0.2, 0.25) is 0 Å². The van der Waals surface area contributed by atoms with Gasteiger partial charge in [0.15, 0.2) is 0 Å². The molecule has 1 unspecified atom stereocenters. The Kier molecular flexibility index (Phi) is 4.81. The lowest BCUT2D eigenvalue weighted by Crippen LogP contribution is -2.29. The quantitative estimate of drug-likeness (QED) is 0.491. The summed E-state index contributed by atoms with van der Waals surface area (Å²) in [7, 11) is 0. The normalized spacial score (nSPS) is 12.3. The Morgan fingerprint density at radius 1 is 1.06 bits per heavy atom. The number of hydrogen-bond donors (Lipinski definition) is 2. The van der Waals surface area contributed by atoms with Crippen molar-refractivity contribution in [3.8, 4) is 0 Å². The summed E-state index contributed by atoms with van der Waals surface area (Å²) in [6.45, 7) is 2.10. The maximum absolute atomic E-state index is 5.63. The monoisotopic (exact) mass is 258 g/mol. The number of nitrogens with two attached hydrogens (primary N) is 1. The molecule has 2 rings (SSSR count). The summed E-state index contributed by atoms with van der Waals surface area (Å²) in [6, 6.07) is 19.0. The molecule has 94 valence electrons. The van der Waals surface area contributed by atoms with Gasteiger partial charge in [0.25, 0.3) is 0 Å². The molecule has 2 aromatic rings. The summed E-state index contributed by atoms with van der Waals surface area (Å²) in [6.07, 6.45) is 0. The molecular formula is C15H18N2S. The summed E-state index contributed by atoms with van der Waals surface area (Å²) in [5.41, 5.74) is 5.39. The van der Waals surface area contributed by atoms with Crippen LogP contribution in [0.4, 0.5) is 0 Å². The van der Waals surface area contributed by atoms with Crippen molar-refractivity contribution in [1.29, 1.82) is 0 Å². The van der Waals surface area contributed by atoms with Gasteiger partial charge in [0.05, 0.1) is 6.04 Å². The van der Waals surface area contributed by atoms with Crippen LogP contribution >= 0.6 is 11.8 Å². The molecule has 18 heavy (non-hydrogen) atoms. The maximum Gasteiger partial charge on any atom is 0.0553 e. The van der Waals surface area contributed by atoms with Gasteiger partial charge in [0.1, 0.15) is 0 Å². The predicted molar refractivity (Wildman–Crippen MR) is 78.4 cm³/mol. The molecular weight excluding hydrogens is 240 g/mol. The highest BCUT2D eigenvalue weighted by Gasteiger charge is 2.09. The molecule has 1 atom stereocenters. The van der Waals surface area contributed by atoms with Gasteiger partial charge in [-0.2, -0.15) is 0 Å². The minimum Gasteiger partial charge on any atom is -0.271 e. The molecule has 0 heterocycles. The van der Waals surface area contributed by atoms with Crippen LogP contribution in [0.5, 0.6) is 0 Å². The number of thioether (sulfide) groups is 1. The number of hydrogen-bond acceptors (Lipinski definition) is 3. The fourth-order valence-corrected chi connectivity index (χ4v) is 2.72. The summed E-state index contributed by atoms with van der Waals surface area (Å²) < 4.78 is 0. The number of rotatable bonds is 5. The Labute approximate surface area is 113 Å². The third-order valence-corrected chi connectivity index (χ3v) is 3.95. The zero-order chi connectivity index (χ0) is 12.8. The number of benzene rings is 2. The molecule has 0 saturated carbocycles. The molecule has 0 fully saturated rings. The van der Waals surface area contributed by atoms with Crippen molar-refractivity contribution in [3.63, 3.8) is 0 Å². The summed E-state index contributed by atoms with van der Waals surface area (Å²) in [5.74, 6) is 6.55. The van der Waals surface area contributed by atoms with Gasteiger partial charge in [0.2, 0.25) is 0 Å². The van der Waals surface area contributed by atoms with E-state index in [4.69, 9.17) is 5.84 Å². The van der Waals surface area contributed by atoms with E-state index in [1.807, 2.05) is 30.0 Å². The molecule has 0 saturated heterocycles. The highest BCUT2D eigenvalue weighted by Crippen LogP contribution is 2.24. The van der Waals surface area contributed by atoms with Gasteiger partial charge in [-0.05, 0) is 24.6 Å². The Bertz CT molecular complexity index is 468. The van der Waals surface area contributed by atoms with Crippen molar-refractivity contribution < 1.29 is 0 Å². The summed E-state index contributed by atoms with van der Waals surface area (Å²) >= 11 is 1.81. The standard InChI is InChI=1S/C15H18N2S/c1-12-7-9-14(10-8-12)18-11-15(17-16)13-5-3-2-4-6-13/h2-10,15,17H,11,16H2,1H3. The zero-order valence-electron chi connectivity index (χ0n) is 10.5. The Morgan fingerprint density at radius 2 is 1.72 bits per heavy atom. The van der Waals surface area contributed by atoms with Crippen molar-refractivity contribution in [2.45, 2.75) is 17.9 Å². The first-order chi connectivity index (χ1) is 8.79. The van der Waals surface area contributed by atoms with Crippen LogP contribution < -0.4 is 11.3 Å². The van der Waals surface area contributed by atoms with Crippen LogP contribution in [0.15, 0.2) is 59.5 Å². The van der Waals surface area contributed by atoms with Crippen LogP contribution in [-0.2, 0) is 0 Å². The molecule has 0 bridgehead atoms. The largest absolute Gasteiger partial charge is 0.271 e. The Morgan fingerprint density at radius 3 is 2.33 bits per heavy atom. The van der Waals surface area contributed by atoms with E-state index < -0.39 is 0 Å². The highest BCUT2D eigenvalue weighted by atomic mass is 32.2. The molecule has 0 aliphatic carbocycles. The van der Waals surface area contributed by atoms with E-state index in [0.29, 0.717) is 0 Å². The lowest BCUT2D eigenvalue weighted by atomic mass is 10.1. The van der Waals surface area contributed by atoms with E-state index >= 15 is 0 Å². The van der Waals surface area contributed by atoms with Crippen LogP contribution in [-0.4, -0.2) is 5.75 Å². The van der Waals surface area contributed by atoms with E-state index in [1.54, 1.807) is 0 Å². The second-order valence-corrected chi connectivity index (χ2v) is 5.35. The van der Waals surface area contributed by atoms with Gasteiger partial charge in [0, 0.05) is 10.6 Å². The van der Waals surface area contributed by atoms with E-state index in [1.165, 1.54) is 16.0 Å². The van der Waals surface area contributed by atoms with Crippen LogP contribution in [0.3, 0.4) is 0 Å². The second-order valence-electron chi connectivity index (χ2n) is 4.25. The van der Waals surface area contributed by atoms with E-state index in [0.717, 1.165) is 5.75 Å². The number of aryl methyl sites for hydroxylation is 1. The minimum absolute atomic E-state index is 0.178. The third kappa shape index (κ3) is 3.60. The lowest BCUT2D eigenvalue weighted by molar-refractivity contribution is 0.611. The molecule has 0 aliphatic rings. The molecule has 0 spiro atoms. The molecule has 3 N–H and O–H groups in total. The predicted octanol–water partition coefficient (Wildman–Crippen LogP) is 3.29. The van der Waals surface area contributed by atoms with Crippen molar-refractivity contribution in [2.75, 3.05) is 5.75 Å².